The number of aromatic nitrogens is 2. The Bertz CT molecular complexity index is 707. The van der Waals surface area contributed by atoms with Gasteiger partial charge in [0.25, 0.3) is 5.91 Å². The molecule has 0 saturated heterocycles. The van der Waals surface area contributed by atoms with E-state index in [1.54, 1.807) is 36.9 Å². The lowest BCUT2D eigenvalue weighted by Gasteiger charge is -2.16. The summed E-state index contributed by atoms with van der Waals surface area (Å²) < 4.78 is 6.76. The summed E-state index contributed by atoms with van der Waals surface area (Å²) in [6, 6.07) is 8.93. The predicted octanol–water partition coefficient (Wildman–Crippen LogP) is 1.74. The van der Waals surface area contributed by atoms with Crippen LogP contribution in [0.5, 0.6) is 5.75 Å². The fourth-order valence-electron chi connectivity index (χ4n) is 2.22. The molecule has 1 N–H and O–H groups in total. The molecule has 1 amide bonds. The summed E-state index contributed by atoms with van der Waals surface area (Å²) in [7, 11) is 1.59. The van der Waals surface area contributed by atoms with Crippen LogP contribution in [0.1, 0.15) is 23.1 Å². The fourth-order valence-corrected chi connectivity index (χ4v) is 2.22. The second-order valence-electron chi connectivity index (χ2n) is 4.99. The van der Waals surface area contributed by atoms with Crippen molar-refractivity contribution in [1.82, 2.24) is 14.7 Å². The SMILES string of the molecule is CCN(CC(=O)O)C(=O)c1cc(C)n(-c2ccc(OC)cc2)n1. The van der Waals surface area contributed by atoms with Crippen molar-refractivity contribution in [2.75, 3.05) is 20.2 Å². The Labute approximate surface area is 134 Å². The second-order valence-corrected chi connectivity index (χ2v) is 4.99. The number of carboxylic acid groups (broad SMARTS) is 1. The van der Waals surface area contributed by atoms with Crippen LogP contribution in [0.3, 0.4) is 0 Å². The number of hydrogen-bond acceptors (Lipinski definition) is 4. The molecule has 23 heavy (non-hydrogen) atoms. The number of carbonyl (C=O) groups is 2. The normalized spacial score (nSPS) is 10.4. The van der Waals surface area contributed by atoms with E-state index in [2.05, 4.69) is 5.10 Å². The van der Waals surface area contributed by atoms with Gasteiger partial charge in [0, 0.05) is 12.2 Å². The monoisotopic (exact) mass is 317 g/mol. The van der Waals surface area contributed by atoms with Crippen molar-refractivity contribution in [2.45, 2.75) is 13.8 Å². The second kappa shape index (κ2) is 6.95. The molecule has 1 aromatic carbocycles. The molecule has 0 bridgehead atoms. The van der Waals surface area contributed by atoms with Crippen molar-refractivity contribution in [3.8, 4) is 11.4 Å². The van der Waals surface area contributed by atoms with Crippen LogP contribution in [-0.2, 0) is 4.79 Å². The Morgan fingerprint density at radius 1 is 1.30 bits per heavy atom. The lowest BCUT2D eigenvalue weighted by Crippen LogP contribution is -2.35. The van der Waals surface area contributed by atoms with Gasteiger partial charge in [-0.2, -0.15) is 5.10 Å². The number of aryl methyl sites for hydroxylation is 1. The summed E-state index contributed by atoms with van der Waals surface area (Å²) in [5, 5.41) is 13.2. The highest BCUT2D eigenvalue weighted by atomic mass is 16.5. The number of methoxy groups -OCH3 is 1. The van der Waals surface area contributed by atoms with Gasteiger partial charge in [0.1, 0.15) is 12.3 Å². The van der Waals surface area contributed by atoms with Crippen LogP contribution in [0.15, 0.2) is 30.3 Å². The van der Waals surface area contributed by atoms with Gasteiger partial charge in [-0.1, -0.05) is 0 Å². The molecular formula is C16H19N3O4. The topological polar surface area (TPSA) is 84.7 Å². The van der Waals surface area contributed by atoms with E-state index in [9.17, 15) is 9.59 Å². The number of aliphatic carboxylic acids is 1. The van der Waals surface area contributed by atoms with Gasteiger partial charge in [0.15, 0.2) is 5.69 Å². The Hall–Kier alpha value is -2.83. The number of rotatable bonds is 6. The van der Waals surface area contributed by atoms with Crippen LogP contribution in [0.4, 0.5) is 0 Å². The van der Waals surface area contributed by atoms with Crippen molar-refractivity contribution in [1.29, 1.82) is 0 Å². The van der Waals surface area contributed by atoms with Crippen molar-refractivity contribution >= 4 is 11.9 Å². The van der Waals surface area contributed by atoms with Gasteiger partial charge in [-0.25, -0.2) is 4.68 Å². The highest BCUT2D eigenvalue weighted by Crippen LogP contribution is 2.17. The first-order valence-corrected chi connectivity index (χ1v) is 7.18. The quantitative estimate of drug-likeness (QED) is 0.877. The smallest absolute Gasteiger partial charge is 0.323 e. The van der Waals surface area contributed by atoms with E-state index in [4.69, 9.17) is 9.84 Å². The lowest BCUT2D eigenvalue weighted by atomic mass is 10.3. The minimum atomic E-state index is -1.05. The third-order valence-corrected chi connectivity index (χ3v) is 3.42. The average molecular weight is 317 g/mol. The highest BCUT2D eigenvalue weighted by molar-refractivity contribution is 5.94. The molecule has 0 unspecified atom stereocenters. The number of amides is 1. The van der Waals surface area contributed by atoms with E-state index >= 15 is 0 Å². The molecule has 0 aliphatic carbocycles. The summed E-state index contributed by atoms with van der Waals surface area (Å²) in [5.74, 6) is -0.717. The van der Waals surface area contributed by atoms with Crippen LogP contribution < -0.4 is 4.74 Å². The average Bonchev–Trinajstić information content (AvgIpc) is 2.93. The van der Waals surface area contributed by atoms with Gasteiger partial charge in [-0.05, 0) is 44.2 Å². The van der Waals surface area contributed by atoms with E-state index in [0.717, 1.165) is 17.1 Å². The van der Waals surface area contributed by atoms with E-state index < -0.39 is 11.9 Å². The molecule has 0 radical (unpaired) electrons. The third-order valence-electron chi connectivity index (χ3n) is 3.42. The highest BCUT2D eigenvalue weighted by Gasteiger charge is 2.20. The van der Waals surface area contributed by atoms with E-state index in [0.29, 0.717) is 6.54 Å². The summed E-state index contributed by atoms with van der Waals surface area (Å²) in [5.41, 5.74) is 1.80. The van der Waals surface area contributed by atoms with E-state index in [-0.39, 0.29) is 12.2 Å². The molecule has 7 nitrogen and oxygen atoms in total. The Morgan fingerprint density at radius 3 is 2.48 bits per heavy atom. The predicted molar refractivity (Wildman–Crippen MR) is 84.1 cm³/mol. The van der Waals surface area contributed by atoms with Crippen molar-refractivity contribution in [3.05, 3.63) is 41.7 Å². The number of benzene rings is 1. The first kappa shape index (κ1) is 16.5. The van der Waals surface area contributed by atoms with Crippen LogP contribution in [-0.4, -0.2) is 51.9 Å². The fraction of sp³-hybridized carbons (Fsp3) is 0.312. The Balaban J connectivity index is 2.29. The van der Waals surface area contributed by atoms with Gasteiger partial charge in [-0.15, -0.1) is 0 Å². The van der Waals surface area contributed by atoms with E-state index in [1.807, 2.05) is 19.1 Å². The van der Waals surface area contributed by atoms with E-state index in [1.165, 1.54) is 4.90 Å². The molecule has 0 spiro atoms. The third kappa shape index (κ3) is 3.68. The summed E-state index contributed by atoms with van der Waals surface area (Å²) in [6.45, 7) is 3.53. The maximum absolute atomic E-state index is 12.4. The van der Waals surface area contributed by atoms with Gasteiger partial charge in [0.2, 0.25) is 0 Å². The molecule has 0 saturated carbocycles. The summed E-state index contributed by atoms with van der Waals surface area (Å²) in [4.78, 5) is 24.4. The maximum atomic E-state index is 12.4. The minimum absolute atomic E-state index is 0.224. The molecule has 1 aromatic heterocycles. The van der Waals surface area contributed by atoms with Crippen LogP contribution >= 0.6 is 0 Å². The van der Waals surface area contributed by atoms with Crippen LogP contribution in [0.2, 0.25) is 0 Å². The zero-order chi connectivity index (χ0) is 17.0. The summed E-state index contributed by atoms with van der Waals surface area (Å²) >= 11 is 0. The Kier molecular flexibility index (Phi) is 5.00. The number of nitrogens with zero attached hydrogens (tertiary/aromatic N) is 3. The van der Waals surface area contributed by atoms with Gasteiger partial charge < -0.3 is 14.7 Å². The molecule has 2 rings (SSSR count). The van der Waals surface area contributed by atoms with Crippen LogP contribution in [0.25, 0.3) is 5.69 Å². The molecule has 0 atom stereocenters. The maximum Gasteiger partial charge on any atom is 0.323 e. The van der Waals surface area contributed by atoms with Gasteiger partial charge in [0.05, 0.1) is 12.8 Å². The van der Waals surface area contributed by atoms with Crippen LogP contribution in [0, 0.1) is 6.92 Å². The molecule has 2 aromatic rings. The number of carboxylic acids is 1. The molecule has 122 valence electrons. The van der Waals surface area contributed by atoms with Crippen molar-refractivity contribution in [3.63, 3.8) is 0 Å². The number of carbonyl (C=O) groups excluding carboxylic acids is 1. The Morgan fingerprint density at radius 2 is 1.96 bits per heavy atom. The lowest BCUT2D eigenvalue weighted by molar-refractivity contribution is -0.137. The van der Waals surface area contributed by atoms with Crippen molar-refractivity contribution < 1.29 is 19.4 Å². The van der Waals surface area contributed by atoms with Gasteiger partial charge in [-0.3, -0.25) is 9.59 Å². The molecule has 0 fully saturated rings. The van der Waals surface area contributed by atoms with Gasteiger partial charge >= 0.3 is 5.97 Å². The first-order valence-electron chi connectivity index (χ1n) is 7.18. The summed E-state index contributed by atoms with van der Waals surface area (Å²) in [6.07, 6.45) is 0. The molecule has 0 aliphatic rings. The minimum Gasteiger partial charge on any atom is -0.497 e. The number of likely N-dealkylation sites (N-methyl/N-ethyl adjacent to an activating group) is 1. The molecule has 0 aliphatic heterocycles. The van der Waals surface area contributed by atoms with Crippen molar-refractivity contribution in [2.24, 2.45) is 0 Å². The first-order chi connectivity index (χ1) is 11.0. The number of ether oxygens (including phenoxy) is 1. The molecule has 7 heteroatoms. The number of hydrogen-bond donors (Lipinski definition) is 1. The largest absolute Gasteiger partial charge is 0.497 e. The molecule has 1 heterocycles. The zero-order valence-electron chi connectivity index (χ0n) is 13.3. The standard InChI is InChI=1S/C16H19N3O4/c1-4-18(10-15(20)21)16(22)14-9-11(2)19(17-14)12-5-7-13(23-3)8-6-12/h5-9H,4,10H2,1-3H3,(H,20,21). The zero-order valence-corrected chi connectivity index (χ0v) is 13.3. The molecular weight excluding hydrogens is 298 g/mol.